The van der Waals surface area contributed by atoms with Crippen LogP contribution in [-0.4, -0.2) is 62.6 Å². The predicted molar refractivity (Wildman–Crippen MR) is 129 cm³/mol. The van der Waals surface area contributed by atoms with Crippen molar-refractivity contribution in [1.82, 2.24) is 15.5 Å². The molecule has 0 aliphatic heterocycles. The lowest BCUT2D eigenvalue weighted by atomic mass is 10.1. The summed E-state index contributed by atoms with van der Waals surface area (Å²) in [5, 5.41) is 6.45. The van der Waals surface area contributed by atoms with Gasteiger partial charge in [-0.1, -0.05) is 6.07 Å². The van der Waals surface area contributed by atoms with Crippen LogP contribution >= 0.6 is 35.7 Å². The molecule has 2 N–H and O–H groups in total. The standard InChI is InChI=1S/C20H31FN4O2S.HI/c1-14(16-7-8-18(17(21)11-16)27-13-15-5-6-15)24-20(22-9-10-28-4)23-12-19(26)25(2)3;/h7-8,11,14-15H,5-6,9-10,12-13H2,1-4H3,(H2,22,23,24);1H. The van der Waals surface area contributed by atoms with E-state index >= 15 is 0 Å². The van der Waals surface area contributed by atoms with Crippen LogP contribution < -0.4 is 15.4 Å². The van der Waals surface area contributed by atoms with Crippen LogP contribution in [-0.2, 0) is 4.79 Å². The number of ether oxygens (including phenoxy) is 1. The lowest BCUT2D eigenvalue weighted by Gasteiger charge is -2.19. The van der Waals surface area contributed by atoms with E-state index < -0.39 is 0 Å². The lowest BCUT2D eigenvalue weighted by Crippen LogP contribution is -2.40. The van der Waals surface area contributed by atoms with E-state index in [1.165, 1.54) is 23.8 Å². The summed E-state index contributed by atoms with van der Waals surface area (Å²) in [4.78, 5) is 17.7. The number of likely N-dealkylation sites (N-methyl/N-ethyl adjacent to an activating group) is 1. The van der Waals surface area contributed by atoms with Gasteiger partial charge in [0.15, 0.2) is 17.5 Å². The Morgan fingerprint density at radius 3 is 2.72 bits per heavy atom. The van der Waals surface area contributed by atoms with Crippen molar-refractivity contribution in [1.29, 1.82) is 0 Å². The molecule has 6 nitrogen and oxygen atoms in total. The minimum absolute atomic E-state index is 0. The predicted octanol–water partition coefficient (Wildman–Crippen LogP) is 3.28. The molecule has 1 saturated carbocycles. The van der Waals surface area contributed by atoms with Crippen molar-refractivity contribution in [3.63, 3.8) is 0 Å². The van der Waals surface area contributed by atoms with Gasteiger partial charge in [0.1, 0.15) is 6.54 Å². The first kappa shape index (κ1) is 25.8. The number of thioether (sulfide) groups is 1. The molecule has 0 bridgehead atoms. The van der Waals surface area contributed by atoms with Gasteiger partial charge in [-0.05, 0) is 49.6 Å². The van der Waals surface area contributed by atoms with Crippen molar-refractivity contribution in [2.24, 2.45) is 10.9 Å². The third-order valence-electron chi connectivity index (χ3n) is 4.45. The summed E-state index contributed by atoms with van der Waals surface area (Å²) < 4.78 is 19.9. The molecule has 0 spiro atoms. The maximum absolute atomic E-state index is 14.4. The topological polar surface area (TPSA) is 66.0 Å². The Labute approximate surface area is 194 Å². The number of benzene rings is 1. The first-order valence-corrected chi connectivity index (χ1v) is 11.0. The number of carbonyl (C=O) groups is 1. The highest BCUT2D eigenvalue weighted by atomic mass is 127. The number of hydrogen-bond donors (Lipinski definition) is 2. The van der Waals surface area contributed by atoms with Crippen LogP contribution in [0, 0.1) is 11.7 Å². The molecule has 2 rings (SSSR count). The van der Waals surface area contributed by atoms with Crippen molar-refractivity contribution >= 4 is 47.6 Å². The molecule has 1 unspecified atom stereocenters. The zero-order valence-corrected chi connectivity index (χ0v) is 20.7. The monoisotopic (exact) mass is 538 g/mol. The number of aliphatic imine (C=N–C) groups is 1. The normalized spacial score (nSPS) is 14.6. The zero-order valence-electron chi connectivity index (χ0n) is 17.5. The Kier molecular flexibility index (Phi) is 11.7. The fourth-order valence-electron chi connectivity index (χ4n) is 2.40. The molecule has 1 aliphatic carbocycles. The Morgan fingerprint density at radius 2 is 2.14 bits per heavy atom. The third kappa shape index (κ3) is 9.41. The largest absolute Gasteiger partial charge is 0.490 e. The van der Waals surface area contributed by atoms with Crippen LogP contribution in [0.25, 0.3) is 0 Å². The van der Waals surface area contributed by atoms with Crippen LogP contribution in [0.3, 0.4) is 0 Å². The summed E-state index contributed by atoms with van der Waals surface area (Å²) >= 11 is 1.72. The lowest BCUT2D eigenvalue weighted by molar-refractivity contribution is -0.127. The van der Waals surface area contributed by atoms with Crippen LogP contribution in [0.2, 0.25) is 0 Å². The highest BCUT2D eigenvalue weighted by Crippen LogP contribution is 2.30. The summed E-state index contributed by atoms with van der Waals surface area (Å²) in [6.45, 7) is 3.29. The van der Waals surface area contributed by atoms with Crippen LogP contribution in [0.1, 0.15) is 31.4 Å². The third-order valence-corrected chi connectivity index (χ3v) is 5.06. The summed E-state index contributed by atoms with van der Waals surface area (Å²) in [5.74, 6) is 1.89. The molecule has 1 amide bonds. The zero-order chi connectivity index (χ0) is 20.5. The Bertz CT molecular complexity index is 686. The van der Waals surface area contributed by atoms with Gasteiger partial charge in [-0.15, -0.1) is 24.0 Å². The van der Waals surface area contributed by atoms with E-state index in [2.05, 4.69) is 15.6 Å². The van der Waals surface area contributed by atoms with Crippen molar-refractivity contribution in [3.05, 3.63) is 29.6 Å². The fraction of sp³-hybridized carbons (Fsp3) is 0.600. The van der Waals surface area contributed by atoms with Gasteiger partial charge in [0, 0.05) is 26.4 Å². The molecule has 1 aliphatic rings. The molecule has 0 heterocycles. The molecular weight excluding hydrogens is 506 g/mol. The molecule has 9 heteroatoms. The summed E-state index contributed by atoms with van der Waals surface area (Å²) in [6.07, 6.45) is 4.37. The molecule has 1 aromatic rings. The van der Waals surface area contributed by atoms with Gasteiger partial charge in [-0.25, -0.2) is 9.38 Å². The number of guanidine groups is 1. The van der Waals surface area contributed by atoms with Gasteiger partial charge < -0.3 is 20.3 Å². The summed E-state index contributed by atoms with van der Waals surface area (Å²) in [5.41, 5.74) is 0.787. The van der Waals surface area contributed by atoms with Gasteiger partial charge in [0.25, 0.3) is 0 Å². The SMILES string of the molecule is CSCCNC(=NCC(=O)N(C)C)NC(C)c1ccc(OCC2CC2)c(F)c1.I. The average Bonchev–Trinajstić information content (AvgIpc) is 3.49. The maximum atomic E-state index is 14.4. The van der Waals surface area contributed by atoms with Crippen LogP contribution in [0.4, 0.5) is 4.39 Å². The fourth-order valence-corrected chi connectivity index (χ4v) is 2.70. The number of amides is 1. The maximum Gasteiger partial charge on any atom is 0.243 e. The van der Waals surface area contributed by atoms with Gasteiger partial charge in [-0.3, -0.25) is 4.79 Å². The Hall–Kier alpha value is -1.23. The Balaban J connectivity index is 0.00000420. The number of rotatable bonds is 10. The number of carbonyl (C=O) groups excluding carboxylic acids is 1. The number of nitrogens with zero attached hydrogens (tertiary/aromatic N) is 2. The van der Waals surface area contributed by atoms with E-state index in [0.29, 0.717) is 24.2 Å². The smallest absolute Gasteiger partial charge is 0.243 e. The molecule has 0 radical (unpaired) electrons. The molecule has 0 aromatic heterocycles. The second kappa shape index (κ2) is 13.1. The second-order valence-corrected chi connectivity index (χ2v) is 8.17. The van der Waals surface area contributed by atoms with E-state index in [4.69, 9.17) is 4.74 Å². The van der Waals surface area contributed by atoms with Crippen LogP contribution in [0.5, 0.6) is 5.75 Å². The van der Waals surface area contributed by atoms with Crippen molar-refractivity contribution in [2.45, 2.75) is 25.8 Å². The number of hydrogen-bond acceptors (Lipinski definition) is 4. The Morgan fingerprint density at radius 1 is 1.41 bits per heavy atom. The van der Waals surface area contributed by atoms with Gasteiger partial charge >= 0.3 is 0 Å². The van der Waals surface area contributed by atoms with E-state index in [1.807, 2.05) is 19.2 Å². The second-order valence-electron chi connectivity index (χ2n) is 7.18. The highest BCUT2D eigenvalue weighted by Gasteiger charge is 2.22. The molecule has 1 fully saturated rings. The van der Waals surface area contributed by atoms with Gasteiger partial charge in [0.05, 0.1) is 12.6 Å². The quantitative estimate of drug-likeness (QED) is 0.207. The molecule has 1 atom stereocenters. The van der Waals surface area contributed by atoms with E-state index in [1.54, 1.807) is 31.9 Å². The van der Waals surface area contributed by atoms with Crippen molar-refractivity contribution in [3.8, 4) is 5.75 Å². The highest BCUT2D eigenvalue weighted by molar-refractivity contribution is 14.0. The van der Waals surface area contributed by atoms with Gasteiger partial charge in [-0.2, -0.15) is 11.8 Å². The first-order chi connectivity index (χ1) is 13.4. The van der Waals surface area contributed by atoms with Crippen molar-refractivity contribution in [2.75, 3.05) is 45.8 Å². The molecule has 29 heavy (non-hydrogen) atoms. The molecule has 1 aromatic carbocycles. The van der Waals surface area contributed by atoms with Crippen LogP contribution in [0.15, 0.2) is 23.2 Å². The average molecular weight is 538 g/mol. The summed E-state index contributed by atoms with van der Waals surface area (Å²) in [6, 6.07) is 4.85. The first-order valence-electron chi connectivity index (χ1n) is 9.57. The minimum atomic E-state index is -0.358. The molecular formula is C20H32FIN4O2S. The van der Waals surface area contributed by atoms with Crippen molar-refractivity contribution < 1.29 is 13.9 Å². The summed E-state index contributed by atoms with van der Waals surface area (Å²) in [7, 11) is 3.40. The van der Waals surface area contributed by atoms with E-state index in [-0.39, 0.29) is 48.3 Å². The van der Waals surface area contributed by atoms with E-state index in [9.17, 15) is 9.18 Å². The van der Waals surface area contributed by atoms with E-state index in [0.717, 1.165) is 17.9 Å². The molecule has 0 saturated heterocycles. The molecule has 164 valence electrons. The number of nitrogens with one attached hydrogen (secondary N) is 2. The number of halogens is 2. The van der Waals surface area contributed by atoms with Gasteiger partial charge in [0.2, 0.25) is 5.91 Å². The minimum Gasteiger partial charge on any atom is -0.490 e.